The van der Waals surface area contributed by atoms with E-state index in [1.165, 1.54) is 18.6 Å². The summed E-state index contributed by atoms with van der Waals surface area (Å²) < 4.78 is 0. The fourth-order valence-corrected chi connectivity index (χ4v) is 2.42. The van der Waals surface area contributed by atoms with E-state index in [9.17, 15) is 4.79 Å². The molecule has 18 heavy (non-hydrogen) atoms. The van der Waals surface area contributed by atoms with E-state index >= 15 is 0 Å². The van der Waals surface area contributed by atoms with Crippen LogP contribution in [0.4, 0.5) is 0 Å². The number of nitrogens with one attached hydrogen (secondary N) is 1. The first-order valence-electron chi connectivity index (χ1n) is 6.87. The van der Waals surface area contributed by atoms with Crippen LogP contribution in [0.1, 0.15) is 46.5 Å². The smallest absolute Gasteiger partial charge is 0.224 e. The summed E-state index contributed by atoms with van der Waals surface area (Å²) in [4.78, 5) is 11.9. The summed E-state index contributed by atoms with van der Waals surface area (Å²) in [5, 5.41) is 3.01. The fraction of sp³-hybridized carbons (Fsp3) is 0.929. The third kappa shape index (κ3) is 9.77. The third-order valence-corrected chi connectivity index (χ3v) is 3.54. The molecule has 4 heteroatoms. The topological polar surface area (TPSA) is 55.1 Å². The molecule has 0 saturated carbocycles. The van der Waals surface area contributed by atoms with E-state index in [4.69, 9.17) is 5.73 Å². The number of unbranched alkanes of at least 4 members (excludes halogenated alkanes) is 2. The van der Waals surface area contributed by atoms with Gasteiger partial charge in [-0.15, -0.1) is 0 Å². The average Bonchev–Trinajstić information content (AvgIpc) is 2.29. The van der Waals surface area contributed by atoms with Crippen molar-refractivity contribution in [3.8, 4) is 0 Å². The van der Waals surface area contributed by atoms with Gasteiger partial charge in [0.15, 0.2) is 0 Å². The van der Waals surface area contributed by atoms with E-state index in [0.717, 1.165) is 19.4 Å². The molecule has 0 fully saturated rings. The predicted molar refractivity (Wildman–Crippen MR) is 81.9 cm³/mol. The van der Waals surface area contributed by atoms with Crippen LogP contribution < -0.4 is 11.1 Å². The van der Waals surface area contributed by atoms with Gasteiger partial charge in [-0.1, -0.05) is 27.2 Å². The maximum atomic E-state index is 11.9. The van der Waals surface area contributed by atoms with Crippen molar-refractivity contribution < 1.29 is 4.79 Å². The molecule has 1 atom stereocenters. The number of carbonyl (C=O) groups is 1. The van der Waals surface area contributed by atoms with E-state index in [0.29, 0.717) is 6.54 Å². The van der Waals surface area contributed by atoms with Gasteiger partial charge in [0.2, 0.25) is 5.91 Å². The van der Waals surface area contributed by atoms with Gasteiger partial charge in [0.1, 0.15) is 0 Å². The lowest BCUT2D eigenvalue weighted by Crippen LogP contribution is -2.37. The lowest BCUT2D eigenvalue weighted by atomic mass is 9.84. The molecule has 1 amide bonds. The van der Waals surface area contributed by atoms with Gasteiger partial charge < -0.3 is 11.1 Å². The van der Waals surface area contributed by atoms with Crippen LogP contribution in [0.5, 0.6) is 0 Å². The highest BCUT2D eigenvalue weighted by atomic mass is 32.2. The number of thioether (sulfide) groups is 1. The summed E-state index contributed by atoms with van der Waals surface area (Å²) >= 11 is 1.88. The molecule has 0 aliphatic rings. The van der Waals surface area contributed by atoms with Crippen LogP contribution >= 0.6 is 11.8 Å². The van der Waals surface area contributed by atoms with Crippen molar-refractivity contribution in [1.82, 2.24) is 5.32 Å². The van der Waals surface area contributed by atoms with Crippen LogP contribution in [-0.2, 0) is 4.79 Å². The van der Waals surface area contributed by atoms with Gasteiger partial charge in [-0.2, -0.15) is 11.8 Å². The molecule has 3 nitrogen and oxygen atoms in total. The summed E-state index contributed by atoms with van der Waals surface area (Å²) in [6.45, 7) is 7.66. The average molecular weight is 274 g/mol. The zero-order valence-electron chi connectivity index (χ0n) is 12.4. The first-order valence-corrected chi connectivity index (χ1v) is 8.27. The Hall–Kier alpha value is -0.220. The van der Waals surface area contributed by atoms with E-state index in [2.05, 4.69) is 32.3 Å². The summed E-state index contributed by atoms with van der Waals surface area (Å²) in [6.07, 6.45) is 6.47. The minimum atomic E-state index is -0.0452. The molecule has 0 heterocycles. The molecule has 0 spiro atoms. The Bertz CT molecular complexity index is 226. The Labute approximate surface area is 117 Å². The maximum Gasteiger partial charge on any atom is 0.224 e. The van der Waals surface area contributed by atoms with Gasteiger partial charge in [-0.25, -0.2) is 0 Å². The van der Waals surface area contributed by atoms with Crippen LogP contribution in [0.15, 0.2) is 0 Å². The second-order valence-corrected chi connectivity index (χ2v) is 7.03. The molecule has 0 saturated heterocycles. The minimum absolute atomic E-state index is 0.0452. The molecule has 0 radical (unpaired) electrons. The van der Waals surface area contributed by atoms with Crippen LogP contribution in [-0.4, -0.2) is 31.0 Å². The molecular formula is C14H30N2OS. The minimum Gasteiger partial charge on any atom is -0.356 e. The summed E-state index contributed by atoms with van der Waals surface area (Å²) in [7, 11) is 0. The first-order chi connectivity index (χ1) is 8.40. The van der Waals surface area contributed by atoms with Crippen molar-refractivity contribution in [1.29, 1.82) is 0 Å². The Morgan fingerprint density at radius 2 is 1.94 bits per heavy atom. The Morgan fingerprint density at radius 3 is 2.44 bits per heavy atom. The van der Waals surface area contributed by atoms with Gasteiger partial charge in [0, 0.05) is 13.1 Å². The number of rotatable bonds is 9. The standard InChI is InChI=1S/C14H30N2OS/c1-14(2,3)10-12(11-15)13(17)16-8-6-5-7-9-18-4/h12H,5-11,15H2,1-4H3,(H,16,17). The van der Waals surface area contributed by atoms with E-state index < -0.39 is 0 Å². The fourth-order valence-electron chi connectivity index (χ4n) is 1.93. The van der Waals surface area contributed by atoms with E-state index in [1.54, 1.807) is 0 Å². The lowest BCUT2D eigenvalue weighted by Gasteiger charge is -2.24. The SMILES string of the molecule is CSCCCCCNC(=O)C(CN)CC(C)(C)C. The highest BCUT2D eigenvalue weighted by molar-refractivity contribution is 7.98. The molecule has 0 aromatic carbocycles. The summed E-state index contributed by atoms with van der Waals surface area (Å²) in [6, 6.07) is 0. The van der Waals surface area contributed by atoms with Crippen molar-refractivity contribution >= 4 is 17.7 Å². The predicted octanol–water partition coefficient (Wildman–Crippen LogP) is 2.65. The van der Waals surface area contributed by atoms with Gasteiger partial charge in [-0.3, -0.25) is 4.79 Å². The molecule has 3 N–H and O–H groups in total. The highest BCUT2D eigenvalue weighted by Gasteiger charge is 2.23. The molecule has 0 aromatic rings. The van der Waals surface area contributed by atoms with E-state index in [1.807, 2.05) is 11.8 Å². The van der Waals surface area contributed by atoms with Gasteiger partial charge >= 0.3 is 0 Å². The molecule has 0 aromatic heterocycles. The molecule has 0 rings (SSSR count). The maximum absolute atomic E-state index is 11.9. The number of nitrogens with two attached hydrogens (primary N) is 1. The van der Waals surface area contributed by atoms with Crippen LogP contribution in [0.25, 0.3) is 0 Å². The van der Waals surface area contributed by atoms with Crippen LogP contribution in [0, 0.1) is 11.3 Å². The number of carbonyl (C=O) groups excluding carboxylic acids is 1. The van der Waals surface area contributed by atoms with Crippen LogP contribution in [0.3, 0.4) is 0 Å². The molecule has 0 aliphatic carbocycles. The van der Waals surface area contributed by atoms with Crippen molar-refractivity contribution in [2.75, 3.05) is 25.1 Å². The highest BCUT2D eigenvalue weighted by Crippen LogP contribution is 2.23. The quantitative estimate of drug-likeness (QED) is 0.636. The second kappa shape index (κ2) is 9.68. The molecule has 1 unspecified atom stereocenters. The second-order valence-electron chi connectivity index (χ2n) is 6.04. The third-order valence-electron chi connectivity index (χ3n) is 2.84. The summed E-state index contributed by atoms with van der Waals surface area (Å²) in [5.74, 6) is 1.29. The van der Waals surface area contributed by atoms with Crippen LogP contribution in [0.2, 0.25) is 0 Å². The molecule has 108 valence electrons. The monoisotopic (exact) mass is 274 g/mol. The van der Waals surface area contributed by atoms with Crippen molar-refractivity contribution in [2.24, 2.45) is 17.1 Å². The zero-order chi connectivity index (χ0) is 14.0. The summed E-state index contributed by atoms with van der Waals surface area (Å²) in [5.41, 5.74) is 5.84. The first kappa shape index (κ1) is 17.8. The number of amides is 1. The van der Waals surface area contributed by atoms with E-state index in [-0.39, 0.29) is 17.2 Å². The Balaban J connectivity index is 3.77. The van der Waals surface area contributed by atoms with Crippen molar-refractivity contribution in [2.45, 2.75) is 46.5 Å². The largest absolute Gasteiger partial charge is 0.356 e. The normalized spacial score (nSPS) is 13.4. The zero-order valence-corrected chi connectivity index (χ0v) is 13.2. The Morgan fingerprint density at radius 1 is 1.28 bits per heavy atom. The van der Waals surface area contributed by atoms with Crippen molar-refractivity contribution in [3.63, 3.8) is 0 Å². The number of hydrogen-bond donors (Lipinski definition) is 2. The molecular weight excluding hydrogens is 244 g/mol. The van der Waals surface area contributed by atoms with Gasteiger partial charge in [-0.05, 0) is 36.7 Å². The molecule has 0 bridgehead atoms. The number of hydrogen-bond acceptors (Lipinski definition) is 3. The molecule has 0 aliphatic heterocycles. The van der Waals surface area contributed by atoms with Gasteiger partial charge in [0.05, 0.1) is 5.92 Å². The van der Waals surface area contributed by atoms with Gasteiger partial charge in [0.25, 0.3) is 0 Å². The lowest BCUT2D eigenvalue weighted by molar-refractivity contribution is -0.125. The Kier molecular flexibility index (Phi) is 9.56. The van der Waals surface area contributed by atoms with Crippen molar-refractivity contribution in [3.05, 3.63) is 0 Å².